The summed E-state index contributed by atoms with van der Waals surface area (Å²) in [5.41, 5.74) is 3.36. The predicted molar refractivity (Wildman–Crippen MR) is 145 cm³/mol. The van der Waals surface area contributed by atoms with Gasteiger partial charge in [0, 0.05) is 25.2 Å². The van der Waals surface area contributed by atoms with Gasteiger partial charge in [-0.1, -0.05) is 42.5 Å². The molecule has 1 fully saturated rings. The van der Waals surface area contributed by atoms with Gasteiger partial charge in [0.05, 0.1) is 17.8 Å². The summed E-state index contributed by atoms with van der Waals surface area (Å²) < 4.78 is 69.9. The van der Waals surface area contributed by atoms with Crippen LogP contribution in [0.3, 0.4) is 0 Å². The number of carboxylic acid groups (broad SMARTS) is 1. The van der Waals surface area contributed by atoms with E-state index in [4.69, 9.17) is 0 Å². The summed E-state index contributed by atoms with van der Waals surface area (Å²) in [6.45, 7) is 1.91. The van der Waals surface area contributed by atoms with Crippen molar-refractivity contribution in [2.24, 2.45) is 0 Å². The van der Waals surface area contributed by atoms with Crippen LogP contribution in [0.4, 0.5) is 22.0 Å². The fraction of sp³-hybridized carbons (Fsp3) is 0.281. The van der Waals surface area contributed by atoms with Crippen molar-refractivity contribution in [3.63, 3.8) is 0 Å². The van der Waals surface area contributed by atoms with Crippen molar-refractivity contribution in [1.82, 2.24) is 4.90 Å². The molecule has 208 valence electrons. The summed E-state index contributed by atoms with van der Waals surface area (Å²) in [5.74, 6) is -2.04. The van der Waals surface area contributed by atoms with Gasteiger partial charge in [0.2, 0.25) is 0 Å². The van der Waals surface area contributed by atoms with Crippen molar-refractivity contribution in [3.8, 4) is 0 Å². The van der Waals surface area contributed by atoms with E-state index in [0.29, 0.717) is 48.1 Å². The van der Waals surface area contributed by atoms with Crippen LogP contribution < -0.4 is 0 Å². The molecule has 1 N–H and O–H groups in total. The van der Waals surface area contributed by atoms with Gasteiger partial charge in [0.25, 0.3) is 0 Å². The van der Waals surface area contributed by atoms with Crippen LogP contribution in [-0.4, -0.2) is 42.3 Å². The topological polar surface area (TPSA) is 40.5 Å². The molecule has 0 unspecified atom stereocenters. The van der Waals surface area contributed by atoms with Crippen LogP contribution in [0.15, 0.2) is 66.2 Å². The van der Waals surface area contributed by atoms with Crippen molar-refractivity contribution in [2.75, 3.05) is 26.3 Å². The molecule has 8 heteroatoms. The molecule has 0 amide bonds. The van der Waals surface area contributed by atoms with Gasteiger partial charge in [-0.25, -0.2) is 9.18 Å². The van der Waals surface area contributed by atoms with E-state index in [9.17, 15) is 27.5 Å². The number of aromatic carboxylic acids is 1. The van der Waals surface area contributed by atoms with Crippen molar-refractivity contribution in [1.29, 1.82) is 0 Å². The first kappa shape index (κ1) is 27.8. The van der Waals surface area contributed by atoms with E-state index in [2.05, 4.69) is 4.90 Å². The minimum atomic E-state index is -4.76. The summed E-state index contributed by atoms with van der Waals surface area (Å²) >= 11 is 0. The third-order valence-corrected chi connectivity index (χ3v) is 7.45. The van der Waals surface area contributed by atoms with Crippen molar-refractivity contribution >= 4 is 23.2 Å². The number of allylic oxidation sites excluding steroid dienone is 1. The normalized spacial score (nSPS) is 15.9. The van der Waals surface area contributed by atoms with Crippen LogP contribution in [0.2, 0.25) is 0 Å². The molecule has 3 nitrogen and oxygen atoms in total. The van der Waals surface area contributed by atoms with E-state index in [1.807, 2.05) is 30.3 Å². The second kappa shape index (κ2) is 11.4. The van der Waals surface area contributed by atoms with Gasteiger partial charge in [-0.2, -0.15) is 13.2 Å². The number of carbonyl (C=O) groups is 1. The largest absolute Gasteiger partial charge is 0.478 e. The number of hydrogen-bond acceptors (Lipinski definition) is 2. The van der Waals surface area contributed by atoms with Gasteiger partial charge >= 0.3 is 12.1 Å². The maximum absolute atomic E-state index is 15.3. The van der Waals surface area contributed by atoms with Crippen LogP contribution in [0.25, 0.3) is 17.2 Å². The second-order valence-corrected chi connectivity index (χ2v) is 10.2. The van der Waals surface area contributed by atoms with Crippen molar-refractivity contribution in [3.05, 3.63) is 111 Å². The number of hydrogen-bond donors (Lipinski definition) is 1. The lowest BCUT2D eigenvalue weighted by Crippen LogP contribution is -2.40. The van der Waals surface area contributed by atoms with E-state index in [1.54, 1.807) is 12.1 Å². The number of benzene rings is 3. The van der Waals surface area contributed by atoms with Gasteiger partial charge < -0.3 is 5.11 Å². The minimum Gasteiger partial charge on any atom is -0.478 e. The van der Waals surface area contributed by atoms with Gasteiger partial charge in [-0.15, -0.1) is 0 Å². The molecule has 3 aromatic carbocycles. The molecule has 0 spiro atoms. The Morgan fingerprint density at radius 2 is 1.75 bits per heavy atom. The number of halogens is 5. The van der Waals surface area contributed by atoms with Crippen LogP contribution in [-0.2, 0) is 12.6 Å². The molecule has 2 aliphatic rings. The summed E-state index contributed by atoms with van der Waals surface area (Å²) in [6, 6.07) is 15.0. The number of rotatable bonds is 7. The number of aryl methyl sites for hydroxylation is 1. The Balaban J connectivity index is 1.62. The Bertz CT molecular complexity index is 1480. The average Bonchev–Trinajstić information content (AvgIpc) is 3.08. The lowest BCUT2D eigenvalue weighted by atomic mass is 9.85. The minimum absolute atomic E-state index is 0.0893. The highest BCUT2D eigenvalue weighted by Crippen LogP contribution is 2.45. The Labute approximate surface area is 229 Å². The highest BCUT2D eigenvalue weighted by atomic mass is 19.4. The van der Waals surface area contributed by atoms with Gasteiger partial charge in [-0.05, 0) is 88.9 Å². The molecule has 1 aliphatic heterocycles. The summed E-state index contributed by atoms with van der Waals surface area (Å²) in [4.78, 5) is 13.8. The van der Waals surface area contributed by atoms with Crippen molar-refractivity contribution < 1.29 is 31.9 Å². The van der Waals surface area contributed by atoms with E-state index >= 15 is 4.39 Å². The average molecular weight is 554 g/mol. The van der Waals surface area contributed by atoms with Gasteiger partial charge in [0.15, 0.2) is 0 Å². The highest BCUT2D eigenvalue weighted by molar-refractivity contribution is 6.01. The Kier molecular flexibility index (Phi) is 7.90. The molecule has 5 rings (SSSR count). The molecule has 0 radical (unpaired) electrons. The molecule has 1 heterocycles. The number of alkyl halides is 4. The fourth-order valence-corrected chi connectivity index (χ4v) is 5.61. The van der Waals surface area contributed by atoms with Gasteiger partial charge in [-0.3, -0.25) is 9.29 Å². The molecule has 0 bridgehead atoms. The highest BCUT2D eigenvalue weighted by Gasteiger charge is 2.36. The molecule has 3 aromatic rings. The van der Waals surface area contributed by atoms with E-state index in [1.165, 1.54) is 11.6 Å². The monoisotopic (exact) mass is 553 g/mol. The SMILES string of the molecule is O=C(O)c1ccc2c(c1)CCCC(c1c(F)cccc1C(F)(F)F)=C2c1ccc(C=C2CN(CCCF)C2)cc1. The lowest BCUT2D eigenvalue weighted by Gasteiger charge is -2.33. The third-order valence-electron chi connectivity index (χ3n) is 7.45. The maximum atomic E-state index is 15.3. The second-order valence-electron chi connectivity index (χ2n) is 10.2. The van der Waals surface area contributed by atoms with E-state index in [0.717, 1.165) is 36.9 Å². The van der Waals surface area contributed by atoms with Crippen LogP contribution >= 0.6 is 0 Å². The Hall–Kier alpha value is -3.78. The Morgan fingerprint density at radius 1 is 1.00 bits per heavy atom. The zero-order chi connectivity index (χ0) is 28.4. The molecule has 0 saturated carbocycles. The zero-order valence-corrected chi connectivity index (χ0v) is 21.7. The fourth-order valence-electron chi connectivity index (χ4n) is 5.61. The molecule has 40 heavy (non-hydrogen) atoms. The van der Waals surface area contributed by atoms with Gasteiger partial charge in [0.1, 0.15) is 5.82 Å². The first-order valence-electron chi connectivity index (χ1n) is 13.2. The zero-order valence-electron chi connectivity index (χ0n) is 21.7. The molecular weight excluding hydrogens is 525 g/mol. The quantitative estimate of drug-likeness (QED) is 0.303. The van der Waals surface area contributed by atoms with Crippen LogP contribution in [0.5, 0.6) is 0 Å². The van der Waals surface area contributed by atoms with Crippen LogP contribution in [0, 0.1) is 5.82 Å². The molecular formula is C32H28F5NO2. The van der Waals surface area contributed by atoms with Crippen molar-refractivity contribution in [2.45, 2.75) is 31.9 Å². The third kappa shape index (κ3) is 5.72. The number of carboxylic acids is 1. The summed E-state index contributed by atoms with van der Waals surface area (Å²) in [5, 5.41) is 9.51. The van der Waals surface area contributed by atoms with E-state index < -0.39 is 29.1 Å². The first-order chi connectivity index (χ1) is 19.2. The number of nitrogens with zero attached hydrogens (tertiary/aromatic N) is 1. The summed E-state index contributed by atoms with van der Waals surface area (Å²) in [6.07, 6.45) is -1.13. The molecule has 1 aliphatic carbocycles. The first-order valence-corrected chi connectivity index (χ1v) is 13.2. The maximum Gasteiger partial charge on any atom is 0.417 e. The molecule has 1 saturated heterocycles. The van der Waals surface area contributed by atoms with E-state index in [-0.39, 0.29) is 24.2 Å². The standard InChI is InChI=1S/C32H28F5NO2/c33-14-3-15-38-18-21(19-38)16-20-8-10-22(11-9-20)29-25-13-12-24(31(39)40)17-23(25)4-1-5-26(29)30-27(32(35,36)37)6-2-7-28(30)34/h2,6-13,16-17H,1,3-5,14-15,18-19H2,(H,39,40). The molecule has 0 atom stereocenters. The van der Waals surface area contributed by atoms with Crippen LogP contribution in [0.1, 0.15) is 63.0 Å². The lowest BCUT2D eigenvalue weighted by molar-refractivity contribution is -0.138. The summed E-state index contributed by atoms with van der Waals surface area (Å²) in [7, 11) is 0. The molecule has 0 aromatic heterocycles. The number of fused-ring (bicyclic) bond motifs is 1. The Morgan fingerprint density at radius 3 is 2.42 bits per heavy atom. The predicted octanol–water partition coefficient (Wildman–Crippen LogP) is 7.90. The number of likely N-dealkylation sites (tertiary alicyclic amines) is 1. The smallest absolute Gasteiger partial charge is 0.417 e.